The molecule has 3 nitrogen and oxygen atoms in total. The first-order chi connectivity index (χ1) is 9.19. The van der Waals surface area contributed by atoms with E-state index in [2.05, 4.69) is 26.6 Å². The van der Waals surface area contributed by atoms with Crippen LogP contribution in [-0.2, 0) is 9.67 Å². The molecule has 0 unspecified atom stereocenters. The fourth-order valence-corrected chi connectivity index (χ4v) is 4.16. The number of thioether (sulfide) groups is 1. The smallest absolute Gasteiger partial charge is 0.265 e. The summed E-state index contributed by atoms with van der Waals surface area (Å²) >= 11 is 5.04. The summed E-state index contributed by atoms with van der Waals surface area (Å²) in [5.74, 6) is -0.0122. The average molecular weight is 333 g/mol. The molecule has 1 atom stereocenters. The van der Waals surface area contributed by atoms with E-state index >= 15 is 0 Å². The maximum absolute atomic E-state index is 12.4. The SMILES string of the molecule is O=C1Nc2ccc(Br)cc2[C@]12Nc1ccccc1S2. The summed E-state index contributed by atoms with van der Waals surface area (Å²) in [5.41, 5.74) is 2.87. The number of hydrogen-bond acceptors (Lipinski definition) is 3. The van der Waals surface area contributed by atoms with Gasteiger partial charge >= 0.3 is 0 Å². The molecule has 0 fully saturated rings. The second-order valence-electron chi connectivity index (χ2n) is 4.55. The largest absolute Gasteiger partial charge is 0.358 e. The number of para-hydroxylation sites is 1. The minimum Gasteiger partial charge on any atom is -0.358 e. The van der Waals surface area contributed by atoms with Crippen molar-refractivity contribution >= 4 is 45.0 Å². The van der Waals surface area contributed by atoms with Crippen LogP contribution >= 0.6 is 27.7 Å². The number of benzene rings is 2. The Morgan fingerprint density at radius 2 is 1.95 bits per heavy atom. The van der Waals surface area contributed by atoms with E-state index in [0.717, 1.165) is 26.3 Å². The Balaban J connectivity index is 1.90. The highest BCUT2D eigenvalue weighted by Gasteiger charge is 2.51. The molecule has 1 spiro atoms. The zero-order chi connectivity index (χ0) is 13.0. The van der Waals surface area contributed by atoms with Crippen LogP contribution in [0.5, 0.6) is 0 Å². The fraction of sp³-hybridized carbons (Fsp3) is 0.0714. The number of halogens is 1. The van der Waals surface area contributed by atoms with E-state index in [9.17, 15) is 4.79 Å². The van der Waals surface area contributed by atoms with Crippen molar-refractivity contribution in [3.8, 4) is 0 Å². The van der Waals surface area contributed by atoms with E-state index in [4.69, 9.17) is 0 Å². The zero-order valence-corrected chi connectivity index (χ0v) is 12.1. The van der Waals surface area contributed by atoms with Gasteiger partial charge in [-0.3, -0.25) is 4.79 Å². The van der Waals surface area contributed by atoms with Gasteiger partial charge in [-0.15, -0.1) is 0 Å². The molecule has 2 N–H and O–H groups in total. The Labute approximate surface area is 122 Å². The molecular formula is C14H9BrN2OS. The Kier molecular flexibility index (Phi) is 2.26. The number of nitrogens with one attached hydrogen (secondary N) is 2. The summed E-state index contributed by atoms with van der Waals surface area (Å²) in [4.78, 5) is 12.8. The van der Waals surface area contributed by atoms with Gasteiger partial charge in [-0.2, -0.15) is 0 Å². The lowest BCUT2D eigenvalue weighted by atomic mass is 10.1. The number of rotatable bonds is 0. The predicted molar refractivity (Wildman–Crippen MR) is 80.4 cm³/mol. The zero-order valence-electron chi connectivity index (χ0n) is 9.74. The molecule has 0 bridgehead atoms. The van der Waals surface area contributed by atoms with Crippen molar-refractivity contribution in [1.29, 1.82) is 0 Å². The van der Waals surface area contributed by atoms with Crippen molar-refractivity contribution in [3.05, 3.63) is 52.5 Å². The Hall–Kier alpha value is -1.46. The van der Waals surface area contributed by atoms with Crippen molar-refractivity contribution < 1.29 is 4.79 Å². The summed E-state index contributed by atoms with van der Waals surface area (Å²) in [6, 6.07) is 13.9. The highest BCUT2D eigenvalue weighted by atomic mass is 79.9. The average Bonchev–Trinajstić information content (AvgIpc) is 2.91. The topological polar surface area (TPSA) is 41.1 Å². The maximum Gasteiger partial charge on any atom is 0.265 e. The normalized spacial score (nSPS) is 22.9. The van der Waals surface area contributed by atoms with Gasteiger partial charge in [-0.05, 0) is 30.3 Å². The Bertz CT molecular complexity index is 691. The molecular weight excluding hydrogens is 324 g/mol. The van der Waals surface area contributed by atoms with Crippen LogP contribution in [-0.4, -0.2) is 5.91 Å². The maximum atomic E-state index is 12.4. The van der Waals surface area contributed by atoms with E-state index in [1.807, 2.05) is 42.5 Å². The third-order valence-electron chi connectivity index (χ3n) is 3.39. The molecule has 19 heavy (non-hydrogen) atoms. The minimum absolute atomic E-state index is 0.0122. The molecule has 2 aromatic carbocycles. The van der Waals surface area contributed by atoms with Crippen molar-refractivity contribution in [2.24, 2.45) is 0 Å². The third-order valence-corrected chi connectivity index (χ3v) is 5.27. The minimum atomic E-state index is -0.733. The number of carbonyl (C=O) groups is 1. The van der Waals surface area contributed by atoms with Crippen LogP contribution in [0.15, 0.2) is 51.8 Å². The molecule has 0 radical (unpaired) electrons. The van der Waals surface area contributed by atoms with E-state index in [1.165, 1.54) is 0 Å². The van der Waals surface area contributed by atoms with Gasteiger partial charge in [0.25, 0.3) is 5.91 Å². The highest BCUT2D eigenvalue weighted by Crippen LogP contribution is 2.55. The first-order valence-electron chi connectivity index (χ1n) is 5.87. The molecule has 1 amide bonds. The number of hydrogen-bond donors (Lipinski definition) is 2. The van der Waals surface area contributed by atoms with Crippen LogP contribution in [0.1, 0.15) is 5.56 Å². The molecule has 0 aromatic heterocycles. The highest BCUT2D eigenvalue weighted by molar-refractivity contribution is 9.10. The standard InChI is InChI=1S/C14H9BrN2OS/c15-8-5-6-10-9(7-8)14(13(18)16-10)17-11-3-1-2-4-12(11)19-14/h1-7,17H,(H,16,18)/t14-/m1/s1. The molecule has 0 saturated heterocycles. The summed E-state index contributed by atoms with van der Waals surface area (Å²) in [6.07, 6.45) is 0. The molecule has 2 heterocycles. The van der Waals surface area contributed by atoms with E-state index in [1.54, 1.807) is 11.8 Å². The van der Waals surface area contributed by atoms with Gasteiger partial charge in [0.15, 0.2) is 4.87 Å². The molecule has 4 rings (SSSR count). The Morgan fingerprint density at radius 1 is 1.11 bits per heavy atom. The van der Waals surface area contributed by atoms with Crippen LogP contribution in [0.2, 0.25) is 0 Å². The van der Waals surface area contributed by atoms with E-state index < -0.39 is 4.87 Å². The number of carbonyl (C=O) groups excluding carboxylic acids is 1. The molecule has 2 aromatic rings. The monoisotopic (exact) mass is 332 g/mol. The summed E-state index contributed by atoms with van der Waals surface area (Å²) in [7, 11) is 0. The van der Waals surface area contributed by atoms with Crippen molar-refractivity contribution in [3.63, 3.8) is 0 Å². The fourth-order valence-electron chi connectivity index (χ4n) is 2.51. The van der Waals surface area contributed by atoms with Crippen LogP contribution < -0.4 is 10.6 Å². The number of amides is 1. The molecule has 2 aliphatic heterocycles. The van der Waals surface area contributed by atoms with Crippen molar-refractivity contribution in [2.45, 2.75) is 9.77 Å². The molecule has 5 heteroatoms. The summed E-state index contributed by atoms with van der Waals surface area (Å²) < 4.78 is 0.973. The third kappa shape index (κ3) is 1.48. The summed E-state index contributed by atoms with van der Waals surface area (Å²) in [5, 5.41) is 6.32. The van der Waals surface area contributed by atoms with Crippen LogP contribution in [0, 0.1) is 0 Å². The van der Waals surface area contributed by atoms with Crippen LogP contribution in [0.25, 0.3) is 0 Å². The first-order valence-corrected chi connectivity index (χ1v) is 7.48. The molecule has 2 aliphatic rings. The lowest BCUT2D eigenvalue weighted by molar-refractivity contribution is -0.117. The molecule has 0 aliphatic carbocycles. The Morgan fingerprint density at radius 3 is 2.79 bits per heavy atom. The number of fused-ring (bicyclic) bond motifs is 3. The predicted octanol–water partition coefficient (Wildman–Crippen LogP) is 3.77. The van der Waals surface area contributed by atoms with Gasteiger partial charge in [0.1, 0.15) is 0 Å². The van der Waals surface area contributed by atoms with E-state index in [-0.39, 0.29) is 5.91 Å². The van der Waals surface area contributed by atoms with Gasteiger partial charge in [-0.1, -0.05) is 39.8 Å². The van der Waals surface area contributed by atoms with Gasteiger partial charge < -0.3 is 10.6 Å². The molecule has 0 saturated carbocycles. The van der Waals surface area contributed by atoms with Crippen molar-refractivity contribution in [2.75, 3.05) is 10.6 Å². The number of anilines is 2. The quantitative estimate of drug-likeness (QED) is 0.771. The van der Waals surface area contributed by atoms with Gasteiger partial charge in [0.2, 0.25) is 0 Å². The lowest BCUT2D eigenvalue weighted by Crippen LogP contribution is -2.35. The second kappa shape index (κ2) is 3.77. The van der Waals surface area contributed by atoms with E-state index in [0.29, 0.717) is 0 Å². The van der Waals surface area contributed by atoms with Crippen LogP contribution in [0.4, 0.5) is 11.4 Å². The first kappa shape index (κ1) is 11.4. The summed E-state index contributed by atoms with van der Waals surface area (Å²) in [6.45, 7) is 0. The van der Waals surface area contributed by atoms with Crippen molar-refractivity contribution in [1.82, 2.24) is 0 Å². The lowest BCUT2D eigenvalue weighted by Gasteiger charge is -2.21. The van der Waals surface area contributed by atoms with Crippen LogP contribution in [0.3, 0.4) is 0 Å². The van der Waals surface area contributed by atoms with Gasteiger partial charge in [0, 0.05) is 26.3 Å². The second-order valence-corrected chi connectivity index (χ2v) is 6.72. The van der Waals surface area contributed by atoms with Gasteiger partial charge in [0.05, 0.1) is 0 Å². The molecule has 94 valence electrons. The van der Waals surface area contributed by atoms with Gasteiger partial charge in [-0.25, -0.2) is 0 Å².